The average Bonchev–Trinajstić information content (AvgIpc) is 2.53. The van der Waals surface area contributed by atoms with Crippen LogP contribution in [0.4, 0.5) is 0 Å². The van der Waals surface area contributed by atoms with Crippen molar-refractivity contribution in [3.05, 3.63) is 0 Å². The number of hydrogen-bond acceptors (Lipinski definition) is 1. The Hall–Kier alpha value is -0.330. The molecule has 1 nitrogen and oxygen atoms in total. The minimum absolute atomic E-state index is 0.381. The third-order valence-corrected chi connectivity index (χ3v) is 6.38. The maximum atomic E-state index is 12.2. The Balaban J connectivity index is 1.83. The first-order valence-electron chi connectivity index (χ1n) is 7.68. The molecular formula is C16H26O. The number of rotatable bonds is 0. The molecule has 0 saturated heterocycles. The van der Waals surface area contributed by atoms with Gasteiger partial charge in [0.1, 0.15) is 5.78 Å². The molecular weight excluding hydrogens is 208 g/mol. The fourth-order valence-electron chi connectivity index (χ4n) is 5.34. The molecule has 3 saturated carbocycles. The summed E-state index contributed by atoms with van der Waals surface area (Å²) < 4.78 is 0. The van der Waals surface area contributed by atoms with E-state index in [0.717, 1.165) is 18.3 Å². The molecule has 96 valence electrons. The van der Waals surface area contributed by atoms with Gasteiger partial charge in [0.05, 0.1) is 0 Å². The van der Waals surface area contributed by atoms with Crippen molar-refractivity contribution < 1.29 is 4.79 Å². The Kier molecular flexibility index (Phi) is 2.83. The predicted molar refractivity (Wildman–Crippen MR) is 69.7 cm³/mol. The highest BCUT2D eigenvalue weighted by Gasteiger charge is 2.66. The van der Waals surface area contributed by atoms with E-state index in [1.54, 1.807) is 0 Å². The molecule has 0 aromatic carbocycles. The highest BCUT2D eigenvalue weighted by molar-refractivity contribution is 5.86. The molecule has 0 bridgehead atoms. The quantitative estimate of drug-likeness (QED) is 0.613. The molecule has 0 amide bonds. The standard InChI is InChI=1S/C16H26O/c1-11-10-14(17)15-12-8-6-4-3-5-7-9-13(12)16(11,15)2/h11-13,15H,3-10H2,1-2H3. The van der Waals surface area contributed by atoms with Gasteiger partial charge in [0.15, 0.2) is 0 Å². The maximum absolute atomic E-state index is 12.2. The fourth-order valence-corrected chi connectivity index (χ4v) is 5.34. The van der Waals surface area contributed by atoms with Crippen molar-refractivity contribution in [2.45, 2.75) is 65.2 Å². The van der Waals surface area contributed by atoms with E-state index in [9.17, 15) is 4.79 Å². The van der Waals surface area contributed by atoms with Crippen LogP contribution in [0, 0.1) is 29.1 Å². The number of carbonyl (C=O) groups is 1. The van der Waals surface area contributed by atoms with Crippen molar-refractivity contribution in [3.63, 3.8) is 0 Å². The summed E-state index contributed by atoms with van der Waals surface area (Å²) in [6.45, 7) is 4.74. The zero-order valence-corrected chi connectivity index (χ0v) is 11.4. The third kappa shape index (κ3) is 1.54. The van der Waals surface area contributed by atoms with Crippen molar-refractivity contribution >= 4 is 5.78 Å². The number of ketones is 1. The molecule has 5 unspecified atom stereocenters. The first-order chi connectivity index (χ1) is 8.15. The molecule has 0 aromatic heterocycles. The van der Waals surface area contributed by atoms with Crippen LogP contribution >= 0.6 is 0 Å². The fraction of sp³-hybridized carbons (Fsp3) is 0.938. The SMILES string of the molecule is CC1CC(=O)C2C3CCCCCCCC3C12C. The number of fused-ring (bicyclic) bond motifs is 4. The van der Waals surface area contributed by atoms with Crippen LogP contribution in [-0.4, -0.2) is 5.78 Å². The van der Waals surface area contributed by atoms with Crippen LogP contribution in [0.2, 0.25) is 0 Å². The van der Waals surface area contributed by atoms with Gasteiger partial charge in [0.2, 0.25) is 0 Å². The van der Waals surface area contributed by atoms with Crippen LogP contribution < -0.4 is 0 Å². The smallest absolute Gasteiger partial charge is 0.137 e. The lowest BCUT2D eigenvalue weighted by Gasteiger charge is -2.58. The molecule has 1 heteroatoms. The second kappa shape index (κ2) is 4.10. The highest BCUT2D eigenvalue weighted by atomic mass is 16.1. The molecule has 3 aliphatic rings. The Bertz CT molecular complexity index is 321. The third-order valence-electron chi connectivity index (χ3n) is 6.38. The zero-order chi connectivity index (χ0) is 12.0. The van der Waals surface area contributed by atoms with Crippen LogP contribution in [0.1, 0.15) is 65.2 Å². The van der Waals surface area contributed by atoms with E-state index >= 15 is 0 Å². The van der Waals surface area contributed by atoms with E-state index in [-0.39, 0.29) is 0 Å². The number of hydrogen-bond donors (Lipinski definition) is 0. The van der Waals surface area contributed by atoms with E-state index in [1.807, 2.05) is 0 Å². The van der Waals surface area contributed by atoms with E-state index in [1.165, 1.54) is 44.9 Å². The minimum Gasteiger partial charge on any atom is -0.299 e. The van der Waals surface area contributed by atoms with Crippen molar-refractivity contribution in [3.8, 4) is 0 Å². The van der Waals surface area contributed by atoms with E-state index in [4.69, 9.17) is 0 Å². The molecule has 5 atom stereocenters. The molecule has 3 fully saturated rings. The van der Waals surface area contributed by atoms with Crippen LogP contribution in [-0.2, 0) is 4.79 Å². The summed E-state index contributed by atoms with van der Waals surface area (Å²) in [6.07, 6.45) is 10.6. The zero-order valence-electron chi connectivity index (χ0n) is 11.4. The Labute approximate surface area is 105 Å². The monoisotopic (exact) mass is 234 g/mol. The summed E-state index contributed by atoms with van der Waals surface area (Å²) in [7, 11) is 0. The summed E-state index contributed by atoms with van der Waals surface area (Å²) in [5, 5.41) is 0. The summed E-state index contributed by atoms with van der Waals surface area (Å²) in [4.78, 5) is 12.2. The van der Waals surface area contributed by atoms with Gasteiger partial charge in [-0.05, 0) is 36.0 Å². The van der Waals surface area contributed by atoms with Crippen LogP contribution in [0.15, 0.2) is 0 Å². The average molecular weight is 234 g/mol. The molecule has 0 spiro atoms. The molecule has 0 heterocycles. The van der Waals surface area contributed by atoms with Gasteiger partial charge in [-0.15, -0.1) is 0 Å². The van der Waals surface area contributed by atoms with Crippen LogP contribution in [0.25, 0.3) is 0 Å². The maximum Gasteiger partial charge on any atom is 0.137 e. The summed E-state index contributed by atoms with van der Waals surface area (Å²) in [6, 6.07) is 0. The van der Waals surface area contributed by atoms with Crippen molar-refractivity contribution in [1.29, 1.82) is 0 Å². The van der Waals surface area contributed by atoms with Gasteiger partial charge in [-0.3, -0.25) is 4.79 Å². The highest BCUT2D eigenvalue weighted by Crippen LogP contribution is 2.67. The van der Waals surface area contributed by atoms with Gasteiger partial charge in [0.25, 0.3) is 0 Å². The van der Waals surface area contributed by atoms with Gasteiger partial charge < -0.3 is 0 Å². The first kappa shape index (κ1) is 11.7. The normalized spacial score (nSPS) is 50.6. The van der Waals surface area contributed by atoms with Gasteiger partial charge >= 0.3 is 0 Å². The molecule has 0 aromatic rings. The second-order valence-electron chi connectivity index (χ2n) is 7.03. The lowest BCUT2D eigenvalue weighted by molar-refractivity contribution is -0.149. The molecule has 0 aliphatic heterocycles. The number of carbonyl (C=O) groups excluding carboxylic acids is 1. The summed E-state index contributed by atoms with van der Waals surface area (Å²) in [5.74, 6) is 3.31. The van der Waals surface area contributed by atoms with Crippen molar-refractivity contribution in [2.24, 2.45) is 29.1 Å². The van der Waals surface area contributed by atoms with Gasteiger partial charge in [-0.1, -0.05) is 46.0 Å². The predicted octanol–water partition coefficient (Wildman–Crippen LogP) is 4.21. The van der Waals surface area contributed by atoms with Gasteiger partial charge in [-0.2, -0.15) is 0 Å². The molecule has 3 rings (SSSR count). The van der Waals surface area contributed by atoms with Crippen molar-refractivity contribution in [2.75, 3.05) is 0 Å². The van der Waals surface area contributed by atoms with Crippen LogP contribution in [0.5, 0.6) is 0 Å². The minimum atomic E-state index is 0.381. The van der Waals surface area contributed by atoms with E-state index < -0.39 is 0 Å². The molecule has 3 aliphatic carbocycles. The van der Waals surface area contributed by atoms with E-state index in [2.05, 4.69) is 13.8 Å². The first-order valence-corrected chi connectivity index (χ1v) is 7.68. The number of Topliss-reactive ketones (excluding diaryl/α,β-unsaturated/α-hetero) is 1. The molecule has 0 radical (unpaired) electrons. The molecule has 0 N–H and O–H groups in total. The van der Waals surface area contributed by atoms with E-state index in [0.29, 0.717) is 23.0 Å². The Morgan fingerprint density at radius 2 is 1.71 bits per heavy atom. The Morgan fingerprint density at radius 3 is 2.47 bits per heavy atom. The lowest BCUT2D eigenvalue weighted by atomic mass is 9.45. The van der Waals surface area contributed by atoms with Crippen LogP contribution in [0.3, 0.4) is 0 Å². The molecule has 17 heavy (non-hydrogen) atoms. The van der Waals surface area contributed by atoms with Gasteiger partial charge in [-0.25, -0.2) is 0 Å². The lowest BCUT2D eigenvalue weighted by Crippen LogP contribution is -2.56. The Morgan fingerprint density at radius 1 is 1.06 bits per heavy atom. The van der Waals surface area contributed by atoms with Crippen molar-refractivity contribution in [1.82, 2.24) is 0 Å². The largest absolute Gasteiger partial charge is 0.299 e. The van der Waals surface area contributed by atoms with Gasteiger partial charge in [0, 0.05) is 12.3 Å². The second-order valence-corrected chi connectivity index (χ2v) is 7.03. The summed E-state index contributed by atoms with van der Waals surface area (Å²) >= 11 is 0. The summed E-state index contributed by atoms with van der Waals surface area (Å²) in [5.41, 5.74) is 0.381. The topological polar surface area (TPSA) is 17.1 Å².